The lowest BCUT2D eigenvalue weighted by atomic mass is 10.3. The van der Waals surface area contributed by atoms with Gasteiger partial charge in [0.25, 0.3) is 0 Å². The van der Waals surface area contributed by atoms with Crippen molar-refractivity contribution in [1.29, 1.82) is 0 Å². The molecular formula is C12H16ClN5. The maximum absolute atomic E-state index is 5.84. The molecule has 0 aromatic carbocycles. The Hall–Kier alpha value is -1.75. The lowest BCUT2D eigenvalue weighted by molar-refractivity contribution is 0.536. The highest BCUT2D eigenvalue weighted by atomic mass is 35.5. The van der Waals surface area contributed by atoms with Gasteiger partial charge in [0.15, 0.2) is 0 Å². The molecule has 0 fully saturated rings. The van der Waals surface area contributed by atoms with E-state index in [4.69, 9.17) is 17.3 Å². The second kappa shape index (κ2) is 4.86. The smallest absolute Gasteiger partial charge is 0.133 e. The first kappa shape index (κ1) is 12.7. The van der Waals surface area contributed by atoms with Crippen LogP contribution in [0.2, 0.25) is 5.02 Å². The normalized spacial score (nSPS) is 10.9. The van der Waals surface area contributed by atoms with E-state index in [2.05, 4.69) is 29.2 Å². The maximum Gasteiger partial charge on any atom is 0.133 e. The molecule has 0 saturated heterocycles. The number of hydrogen-bond acceptors (Lipinski definition) is 4. The molecular weight excluding hydrogens is 250 g/mol. The molecule has 2 heterocycles. The molecule has 0 unspecified atom stereocenters. The van der Waals surface area contributed by atoms with E-state index >= 15 is 0 Å². The van der Waals surface area contributed by atoms with Gasteiger partial charge in [0.05, 0.1) is 16.4 Å². The molecule has 0 aliphatic rings. The van der Waals surface area contributed by atoms with Crippen molar-refractivity contribution in [2.75, 3.05) is 11.1 Å². The Labute approximate surface area is 111 Å². The molecule has 96 valence electrons. The number of nitrogens with zero attached hydrogens (tertiary/aromatic N) is 3. The van der Waals surface area contributed by atoms with Gasteiger partial charge in [-0.3, -0.25) is 0 Å². The minimum atomic E-state index is 0.269. The third kappa shape index (κ3) is 2.56. The molecule has 18 heavy (non-hydrogen) atoms. The van der Waals surface area contributed by atoms with Crippen LogP contribution in [0.15, 0.2) is 18.3 Å². The molecule has 0 saturated carbocycles. The summed E-state index contributed by atoms with van der Waals surface area (Å²) in [4.78, 5) is 4.18. The summed E-state index contributed by atoms with van der Waals surface area (Å²) in [6.45, 7) is 6.09. The van der Waals surface area contributed by atoms with Crippen LogP contribution in [0, 0.1) is 6.92 Å². The fourth-order valence-corrected chi connectivity index (χ4v) is 1.76. The molecule has 0 amide bonds. The zero-order valence-corrected chi connectivity index (χ0v) is 11.4. The van der Waals surface area contributed by atoms with Crippen molar-refractivity contribution in [3.8, 4) is 0 Å². The minimum absolute atomic E-state index is 0.269. The maximum atomic E-state index is 5.84. The fraction of sp³-hybridized carbons (Fsp3) is 0.333. The predicted octanol–water partition coefficient (Wildman–Crippen LogP) is 3.15. The number of hydrogen-bond donors (Lipinski definition) is 2. The lowest BCUT2D eigenvalue weighted by Gasteiger charge is -2.12. The molecule has 2 rings (SSSR count). The topological polar surface area (TPSA) is 68.8 Å². The van der Waals surface area contributed by atoms with Crippen molar-refractivity contribution in [2.24, 2.45) is 0 Å². The Morgan fingerprint density at radius 2 is 2.11 bits per heavy atom. The number of rotatable bonds is 3. The highest BCUT2D eigenvalue weighted by molar-refractivity contribution is 6.32. The quantitative estimate of drug-likeness (QED) is 0.895. The molecule has 0 radical (unpaired) electrons. The van der Waals surface area contributed by atoms with Crippen LogP contribution in [0.25, 0.3) is 0 Å². The average Bonchev–Trinajstić information content (AvgIpc) is 2.65. The summed E-state index contributed by atoms with van der Waals surface area (Å²) >= 11 is 5.84. The number of aryl methyl sites for hydroxylation is 1. The minimum Gasteiger partial charge on any atom is -0.397 e. The Morgan fingerprint density at radius 1 is 1.39 bits per heavy atom. The first-order chi connectivity index (χ1) is 8.47. The molecule has 0 bridgehead atoms. The predicted molar refractivity (Wildman–Crippen MR) is 74.3 cm³/mol. The van der Waals surface area contributed by atoms with E-state index in [1.165, 1.54) is 6.20 Å². The largest absolute Gasteiger partial charge is 0.397 e. The van der Waals surface area contributed by atoms with E-state index < -0.39 is 0 Å². The zero-order chi connectivity index (χ0) is 13.3. The summed E-state index contributed by atoms with van der Waals surface area (Å²) in [6.07, 6.45) is 1.53. The number of halogens is 1. The van der Waals surface area contributed by atoms with Crippen LogP contribution in [0.3, 0.4) is 0 Å². The average molecular weight is 266 g/mol. The number of aromatic nitrogens is 3. The number of nitrogens with two attached hydrogens (primary N) is 1. The van der Waals surface area contributed by atoms with E-state index in [1.54, 1.807) is 6.07 Å². The third-order valence-electron chi connectivity index (χ3n) is 2.49. The highest BCUT2D eigenvalue weighted by Crippen LogP contribution is 2.24. The summed E-state index contributed by atoms with van der Waals surface area (Å²) in [5.41, 5.74) is 7.20. The van der Waals surface area contributed by atoms with E-state index in [-0.39, 0.29) is 6.04 Å². The lowest BCUT2D eigenvalue weighted by Crippen LogP contribution is -2.08. The van der Waals surface area contributed by atoms with Gasteiger partial charge in [-0.1, -0.05) is 11.6 Å². The summed E-state index contributed by atoms with van der Waals surface area (Å²) < 4.78 is 1.90. The SMILES string of the molecule is Cc1cc(Nc2cc(N)c(Cl)cn2)n(C(C)C)n1. The molecule has 0 spiro atoms. The van der Waals surface area contributed by atoms with Gasteiger partial charge < -0.3 is 11.1 Å². The Morgan fingerprint density at radius 3 is 2.72 bits per heavy atom. The van der Waals surface area contributed by atoms with Crippen LogP contribution in [-0.2, 0) is 0 Å². The molecule has 3 N–H and O–H groups in total. The van der Waals surface area contributed by atoms with Gasteiger partial charge >= 0.3 is 0 Å². The van der Waals surface area contributed by atoms with Crippen LogP contribution in [0.5, 0.6) is 0 Å². The second-order valence-electron chi connectivity index (χ2n) is 4.43. The van der Waals surface area contributed by atoms with Crippen molar-refractivity contribution in [3.05, 3.63) is 29.0 Å². The molecule has 0 aliphatic heterocycles. The summed E-state index contributed by atoms with van der Waals surface area (Å²) in [5.74, 6) is 1.54. The standard InChI is InChI=1S/C12H16ClN5/c1-7(2)18-12(4-8(3)17-18)16-11-5-10(14)9(13)6-15-11/h4-7H,1-3H3,(H3,14,15,16). The number of pyridine rings is 1. The highest BCUT2D eigenvalue weighted by Gasteiger charge is 2.09. The van der Waals surface area contributed by atoms with E-state index in [9.17, 15) is 0 Å². The molecule has 6 heteroatoms. The Bertz CT molecular complexity index is 562. The first-order valence-electron chi connectivity index (χ1n) is 5.71. The first-order valence-corrected chi connectivity index (χ1v) is 6.09. The van der Waals surface area contributed by atoms with Crippen molar-refractivity contribution >= 4 is 28.9 Å². The van der Waals surface area contributed by atoms with Crippen molar-refractivity contribution in [3.63, 3.8) is 0 Å². The third-order valence-corrected chi connectivity index (χ3v) is 2.80. The molecule has 0 aliphatic carbocycles. The second-order valence-corrected chi connectivity index (χ2v) is 4.83. The van der Waals surface area contributed by atoms with Crippen LogP contribution in [0.1, 0.15) is 25.6 Å². The zero-order valence-electron chi connectivity index (χ0n) is 10.6. The molecule has 2 aromatic rings. The number of nitrogens with one attached hydrogen (secondary N) is 1. The van der Waals surface area contributed by atoms with E-state index in [1.807, 2.05) is 17.7 Å². The monoisotopic (exact) mass is 265 g/mol. The van der Waals surface area contributed by atoms with Crippen molar-refractivity contribution < 1.29 is 0 Å². The van der Waals surface area contributed by atoms with Crippen molar-refractivity contribution in [1.82, 2.24) is 14.8 Å². The summed E-state index contributed by atoms with van der Waals surface area (Å²) in [5, 5.41) is 8.06. The fourth-order valence-electron chi connectivity index (χ4n) is 1.66. The van der Waals surface area contributed by atoms with Gasteiger partial charge in [-0.2, -0.15) is 5.10 Å². The van der Waals surface area contributed by atoms with E-state index in [0.29, 0.717) is 16.5 Å². The van der Waals surface area contributed by atoms with Gasteiger partial charge in [-0.05, 0) is 20.8 Å². The van der Waals surface area contributed by atoms with Gasteiger partial charge in [0.2, 0.25) is 0 Å². The van der Waals surface area contributed by atoms with Crippen LogP contribution in [0.4, 0.5) is 17.3 Å². The molecule has 2 aromatic heterocycles. The van der Waals surface area contributed by atoms with Crippen molar-refractivity contribution in [2.45, 2.75) is 26.8 Å². The van der Waals surface area contributed by atoms with Crippen LogP contribution < -0.4 is 11.1 Å². The van der Waals surface area contributed by atoms with Gasteiger partial charge in [-0.15, -0.1) is 0 Å². The van der Waals surface area contributed by atoms with Gasteiger partial charge in [0.1, 0.15) is 11.6 Å². The Balaban J connectivity index is 2.30. The van der Waals surface area contributed by atoms with Crippen LogP contribution >= 0.6 is 11.6 Å². The van der Waals surface area contributed by atoms with E-state index in [0.717, 1.165) is 11.5 Å². The number of anilines is 3. The van der Waals surface area contributed by atoms with Gasteiger partial charge in [0, 0.05) is 24.4 Å². The number of nitrogen functional groups attached to an aromatic ring is 1. The molecule has 0 atom stereocenters. The van der Waals surface area contributed by atoms with Crippen LogP contribution in [-0.4, -0.2) is 14.8 Å². The Kier molecular flexibility index (Phi) is 3.43. The summed E-state index contributed by atoms with van der Waals surface area (Å²) in [7, 11) is 0. The molecule has 5 nitrogen and oxygen atoms in total. The summed E-state index contributed by atoms with van der Waals surface area (Å²) in [6, 6.07) is 3.94. The van der Waals surface area contributed by atoms with Gasteiger partial charge in [-0.25, -0.2) is 9.67 Å².